The molecule has 0 aliphatic rings. The van der Waals surface area contributed by atoms with Gasteiger partial charge in [0, 0.05) is 10.8 Å². The van der Waals surface area contributed by atoms with Gasteiger partial charge in [0.05, 0.1) is 0 Å². The summed E-state index contributed by atoms with van der Waals surface area (Å²) in [7, 11) is 0. The van der Waals surface area contributed by atoms with Gasteiger partial charge in [-0.1, -0.05) is 78.9 Å². The lowest BCUT2D eigenvalue weighted by Gasteiger charge is -2.10. The molecule has 3 nitrogen and oxygen atoms in total. The lowest BCUT2D eigenvalue weighted by molar-refractivity contribution is 0.393. The van der Waals surface area contributed by atoms with Crippen LogP contribution in [0.25, 0.3) is 22.4 Å². The topological polar surface area (TPSA) is 38.9 Å². The van der Waals surface area contributed by atoms with Crippen LogP contribution in [0.2, 0.25) is 0 Å². The molecule has 4 aromatic rings. The molecule has 0 unspecified atom stereocenters. The molecular formula is C24H22N2O. The van der Waals surface area contributed by atoms with Crippen molar-refractivity contribution in [1.82, 2.24) is 10.4 Å². The second kappa shape index (κ2) is 8.45. The number of aryl methyl sites for hydroxylation is 2. The smallest absolute Gasteiger partial charge is 0.152 e. The minimum atomic E-state index is 0.806. The van der Waals surface area contributed by atoms with Gasteiger partial charge in [0.15, 0.2) is 6.26 Å². The molecule has 134 valence electrons. The largest absolute Gasteiger partial charge is 0.345 e. The summed E-state index contributed by atoms with van der Waals surface area (Å²) < 4.78 is 4.90. The Bertz CT molecular complexity index is 978. The first kappa shape index (κ1) is 17.2. The minimum Gasteiger partial charge on any atom is -0.345 e. The van der Waals surface area contributed by atoms with Crippen LogP contribution in [0.5, 0.6) is 0 Å². The Morgan fingerprint density at radius 2 is 1.22 bits per heavy atom. The molecule has 27 heavy (non-hydrogen) atoms. The number of benzene rings is 3. The monoisotopic (exact) mass is 354 g/mol. The fraction of sp³-hybridized carbons (Fsp3) is 0.167. The third-order valence-electron chi connectivity index (χ3n) is 4.90. The van der Waals surface area contributed by atoms with Crippen molar-refractivity contribution in [3.63, 3.8) is 0 Å². The normalized spacial score (nSPS) is 10.8. The number of unbranched alkanes of at least 4 members (excludes halogenated alkanes) is 1. The molecule has 0 saturated heterocycles. The second-order valence-corrected chi connectivity index (χ2v) is 6.68. The first-order chi connectivity index (χ1) is 13.4. The van der Waals surface area contributed by atoms with Gasteiger partial charge in [-0.05, 0) is 47.9 Å². The Labute approximate surface area is 159 Å². The van der Waals surface area contributed by atoms with Crippen molar-refractivity contribution in [1.29, 1.82) is 0 Å². The van der Waals surface area contributed by atoms with Gasteiger partial charge in [0.2, 0.25) is 0 Å². The molecule has 4 rings (SSSR count). The quantitative estimate of drug-likeness (QED) is 0.384. The molecule has 0 radical (unpaired) electrons. The minimum absolute atomic E-state index is 0.806. The predicted octanol–water partition coefficient (Wildman–Crippen LogP) is 5.97. The molecule has 0 atom stereocenters. The van der Waals surface area contributed by atoms with Crippen LogP contribution < -0.4 is 0 Å². The molecular weight excluding hydrogens is 332 g/mol. The number of rotatable bonds is 7. The zero-order chi connectivity index (χ0) is 18.3. The summed E-state index contributed by atoms with van der Waals surface area (Å²) in [5.41, 5.74) is 7.26. The standard InChI is InChI=1S/C24H22N2O/c1-2-10-19(11-3-1)22-16-8-6-13-20(22)12-4-5-14-21-15-7-9-17-23(21)24-18-27-26-25-24/h1-3,6-11,13,15-18H,4-5,12,14H2. The second-order valence-electron chi connectivity index (χ2n) is 6.68. The highest BCUT2D eigenvalue weighted by Crippen LogP contribution is 2.26. The lowest BCUT2D eigenvalue weighted by Crippen LogP contribution is -1.94. The molecule has 0 saturated carbocycles. The Hall–Kier alpha value is -3.20. The summed E-state index contributed by atoms with van der Waals surface area (Å²) in [6.07, 6.45) is 5.99. The SMILES string of the molecule is c1ccc(-c2ccccc2CCCCc2ccccc2-c2conn2)cc1. The van der Waals surface area contributed by atoms with Crippen molar-refractivity contribution in [3.8, 4) is 22.4 Å². The van der Waals surface area contributed by atoms with Crippen molar-refractivity contribution >= 4 is 0 Å². The molecule has 0 amide bonds. The third-order valence-corrected chi connectivity index (χ3v) is 4.90. The van der Waals surface area contributed by atoms with Crippen LogP contribution in [-0.2, 0) is 12.8 Å². The van der Waals surface area contributed by atoms with Gasteiger partial charge in [-0.2, -0.15) is 0 Å². The van der Waals surface area contributed by atoms with Gasteiger partial charge < -0.3 is 4.52 Å². The summed E-state index contributed by atoms with van der Waals surface area (Å²) in [5.74, 6) is 0. The number of nitrogens with zero attached hydrogens (tertiary/aromatic N) is 2. The van der Waals surface area contributed by atoms with E-state index >= 15 is 0 Å². The number of hydrogen-bond acceptors (Lipinski definition) is 3. The van der Waals surface area contributed by atoms with Crippen LogP contribution in [-0.4, -0.2) is 10.4 Å². The Morgan fingerprint density at radius 1 is 0.630 bits per heavy atom. The van der Waals surface area contributed by atoms with E-state index in [1.165, 1.54) is 22.3 Å². The fourth-order valence-electron chi connectivity index (χ4n) is 3.54. The van der Waals surface area contributed by atoms with E-state index in [0.29, 0.717) is 0 Å². The fourth-order valence-corrected chi connectivity index (χ4v) is 3.54. The van der Waals surface area contributed by atoms with E-state index in [2.05, 4.69) is 83.2 Å². The van der Waals surface area contributed by atoms with Crippen LogP contribution in [0.3, 0.4) is 0 Å². The molecule has 0 bridgehead atoms. The van der Waals surface area contributed by atoms with E-state index < -0.39 is 0 Å². The van der Waals surface area contributed by atoms with Crippen molar-refractivity contribution in [2.75, 3.05) is 0 Å². The first-order valence-electron chi connectivity index (χ1n) is 9.40. The first-order valence-corrected chi connectivity index (χ1v) is 9.40. The molecule has 0 aliphatic heterocycles. The molecule has 0 N–H and O–H groups in total. The summed E-state index contributed by atoms with van der Waals surface area (Å²) in [4.78, 5) is 0. The molecule has 3 aromatic carbocycles. The van der Waals surface area contributed by atoms with Gasteiger partial charge in [0.1, 0.15) is 5.69 Å². The lowest BCUT2D eigenvalue weighted by atomic mass is 9.94. The summed E-state index contributed by atoms with van der Waals surface area (Å²) in [6.45, 7) is 0. The summed E-state index contributed by atoms with van der Waals surface area (Å²) in [5, 5.41) is 7.64. The van der Waals surface area contributed by atoms with E-state index in [1.807, 2.05) is 6.07 Å². The van der Waals surface area contributed by atoms with E-state index in [9.17, 15) is 0 Å². The maximum atomic E-state index is 4.90. The Balaban J connectivity index is 1.41. The molecule has 0 aliphatic carbocycles. The van der Waals surface area contributed by atoms with E-state index in [1.54, 1.807) is 6.26 Å². The van der Waals surface area contributed by atoms with Crippen LogP contribution in [0.15, 0.2) is 89.6 Å². The van der Waals surface area contributed by atoms with Crippen molar-refractivity contribution in [2.45, 2.75) is 25.7 Å². The molecule has 0 spiro atoms. The molecule has 0 fully saturated rings. The van der Waals surface area contributed by atoms with Gasteiger partial charge in [0.25, 0.3) is 0 Å². The predicted molar refractivity (Wildman–Crippen MR) is 108 cm³/mol. The van der Waals surface area contributed by atoms with Crippen molar-refractivity contribution in [2.24, 2.45) is 0 Å². The molecule has 1 aromatic heterocycles. The highest BCUT2D eigenvalue weighted by atomic mass is 16.5. The average Bonchev–Trinajstić information content (AvgIpc) is 3.27. The van der Waals surface area contributed by atoms with Gasteiger partial charge >= 0.3 is 0 Å². The van der Waals surface area contributed by atoms with Gasteiger partial charge in [-0.15, -0.1) is 5.10 Å². The van der Waals surface area contributed by atoms with Crippen LogP contribution in [0.1, 0.15) is 24.0 Å². The molecule has 1 heterocycles. The van der Waals surface area contributed by atoms with E-state index in [4.69, 9.17) is 4.52 Å². The van der Waals surface area contributed by atoms with Crippen LogP contribution in [0, 0.1) is 0 Å². The number of aromatic nitrogens is 2. The van der Waals surface area contributed by atoms with E-state index in [0.717, 1.165) is 36.9 Å². The van der Waals surface area contributed by atoms with Crippen LogP contribution in [0.4, 0.5) is 0 Å². The van der Waals surface area contributed by atoms with Crippen molar-refractivity contribution in [3.05, 3.63) is 96.3 Å². The van der Waals surface area contributed by atoms with Crippen molar-refractivity contribution < 1.29 is 4.52 Å². The average molecular weight is 354 g/mol. The third kappa shape index (κ3) is 4.14. The molecule has 3 heteroatoms. The van der Waals surface area contributed by atoms with Crippen LogP contribution >= 0.6 is 0 Å². The zero-order valence-corrected chi connectivity index (χ0v) is 15.2. The Morgan fingerprint density at radius 3 is 1.89 bits per heavy atom. The zero-order valence-electron chi connectivity index (χ0n) is 15.2. The summed E-state index contributed by atoms with van der Waals surface area (Å²) >= 11 is 0. The summed E-state index contributed by atoms with van der Waals surface area (Å²) in [6, 6.07) is 27.7. The van der Waals surface area contributed by atoms with Gasteiger partial charge in [-0.25, -0.2) is 0 Å². The maximum absolute atomic E-state index is 4.90. The van der Waals surface area contributed by atoms with E-state index in [-0.39, 0.29) is 0 Å². The highest BCUT2D eigenvalue weighted by Gasteiger charge is 2.08. The Kier molecular flexibility index (Phi) is 5.39. The maximum Gasteiger partial charge on any atom is 0.152 e. The number of hydrogen-bond donors (Lipinski definition) is 0. The highest BCUT2D eigenvalue weighted by molar-refractivity contribution is 5.67. The van der Waals surface area contributed by atoms with Gasteiger partial charge in [-0.3, -0.25) is 0 Å².